The summed E-state index contributed by atoms with van der Waals surface area (Å²) < 4.78 is 32.2. The van der Waals surface area contributed by atoms with Gasteiger partial charge in [0.2, 0.25) is 0 Å². The minimum atomic E-state index is -4.34. The first-order valence-corrected chi connectivity index (χ1v) is 7.90. The summed E-state index contributed by atoms with van der Waals surface area (Å²) in [6, 6.07) is 22.2. The van der Waals surface area contributed by atoms with Crippen molar-refractivity contribution >= 4 is 20.9 Å². The van der Waals surface area contributed by atoms with Gasteiger partial charge in [-0.2, -0.15) is 0 Å². The largest absolute Gasteiger partial charge is 0.744 e. The van der Waals surface area contributed by atoms with Crippen molar-refractivity contribution in [2.24, 2.45) is 0 Å². The van der Waals surface area contributed by atoms with Crippen molar-refractivity contribution in [2.75, 3.05) is 0 Å². The molecule has 0 spiro atoms. The van der Waals surface area contributed by atoms with Gasteiger partial charge in [0.05, 0.1) is 4.90 Å². The summed E-state index contributed by atoms with van der Waals surface area (Å²) in [6.45, 7) is 0. The van der Waals surface area contributed by atoms with E-state index < -0.39 is 10.1 Å². The van der Waals surface area contributed by atoms with Crippen LogP contribution in [0.25, 0.3) is 10.8 Å². The topological polar surface area (TPSA) is 110 Å². The molecule has 5 nitrogen and oxygen atoms in total. The predicted molar refractivity (Wildman–Crippen MR) is 87.0 cm³/mol. The molecule has 0 radical (unpaired) electrons. The summed E-state index contributed by atoms with van der Waals surface area (Å²) in [5, 5.41) is 1.67. The second kappa shape index (κ2) is 8.19. The van der Waals surface area contributed by atoms with Crippen molar-refractivity contribution in [3.63, 3.8) is 0 Å². The lowest BCUT2D eigenvalue weighted by Crippen LogP contribution is -1.97. The van der Waals surface area contributed by atoms with Gasteiger partial charge in [-0.15, -0.1) is 0 Å². The summed E-state index contributed by atoms with van der Waals surface area (Å²) in [5.41, 5.74) is 0.301. The molecule has 23 heavy (non-hydrogen) atoms. The minimum absolute atomic E-state index is 0. The van der Waals surface area contributed by atoms with E-state index in [-0.39, 0.29) is 10.4 Å². The normalized spacial score (nSPS) is 10.1. The van der Waals surface area contributed by atoms with Gasteiger partial charge in [-0.1, -0.05) is 54.6 Å². The summed E-state index contributed by atoms with van der Waals surface area (Å²) in [4.78, 5) is 8.61. The van der Waals surface area contributed by atoms with Gasteiger partial charge < -0.3 is 10.0 Å². The first-order valence-electron chi connectivity index (χ1n) is 6.49. The number of hydrogen-bond donors (Lipinski definition) is 0. The second-order valence-electron chi connectivity index (χ2n) is 4.49. The maximum Gasteiger partial charge on any atom is 0.340 e. The Balaban J connectivity index is 0.000000253. The summed E-state index contributed by atoms with van der Waals surface area (Å²) in [6.07, 6.45) is 0. The molecule has 0 fully saturated rings. The lowest BCUT2D eigenvalue weighted by atomic mass is 10.1. The van der Waals surface area contributed by atoms with Crippen LogP contribution in [0, 0.1) is 0 Å². The standard InChI is InChI=1S/C10H8O3S.C7H6O.H2O/c11-14(12,13)10-6-5-8-3-1-2-4-9(8)7-10;8-7-5-3-1-2-4-6-7;/h1-7H,(H,11,12,13);1-6H;1H2. The van der Waals surface area contributed by atoms with Crippen LogP contribution < -0.4 is 5.43 Å². The van der Waals surface area contributed by atoms with E-state index in [4.69, 9.17) is 4.79 Å². The zero-order valence-corrected chi connectivity index (χ0v) is 12.9. The SMILES string of the molecule is O.O=S(=O)([O-])c1ccc2ccccc2c1.[OH+]=c1cccccc1. The smallest absolute Gasteiger partial charge is 0.340 e. The molecule has 0 aromatic heterocycles. The van der Waals surface area contributed by atoms with Crippen molar-refractivity contribution < 1.29 is 23.2 Å². The van der Waals surface area contributed by atoms with Gasteiger partial charge in [0, 0.05) is 12.1 Å². The van der Waals surface area contributed by atoms with Crippen LogP contribution in [-0.2, 0) is 10.1 Å². The molecule has 120 valence electrons. The molecule has 0 atom stereocenters. The average molecular weight is 332 g/mol. The third kappa shape index (κ3) is 5.63. The monoisotopic (exact) mass is 332 g/mol. The van der Waals surface area contributed by atoms with Crippen LogP contribution in [0.15, 0.2) is 83.8 Å². The molecule has 0 saturated carbocycles. The van der Waals surface area contributed by atoms with Gasteiger partial charge in [0.1, 0.15) is 10.1 Å². The maximum absolute atomic E-state index is 10.7. The van der Waals surface area contributed by atoms with E-state index in [0.717, 1.165) is 10.8 Å². The number of hydrogen-bond acceptors (Lipinski definition) is 3. The maximum atomic E-state index is 10.7. The second-order valence-corrected chi connectivity index (χ2v) is 5.87. The molecule has 0 saturated heterocycles. The van der Waals surface area contributed by atoms with Crippen molar-refractivity contribution in [1.29, 1.82) is 0 Å². The molecule has 0 bridgehead atoms. The van der Waals surface area contributed by atoms with Gasteiger partial charge in [-0.25, -0.2) is 8.42 Å². The molecule has 3 aromatic rings. The molecule has 0 heterocycles. The van der Waals surface area contributed by atoms with Crippen molar-refractivity contribution in [2.45, 2.75) is 4.90 Å². The van der Waals surface area contributed by atoms with E-state index >= 15 is 0 Å². The van der Waals surface area contributed by atoms with Crippen LogP contribution >= 0.6 is 0 Å². The molecule has 0 unspecified atom stereocenters. The molecular formula is C17H16O5S. The Kier molecular flexibility index (Phi) is 6.59. The fourth-order valence-electron chi connectivity index (χ4n) is 1.82. The first kappa shape index (κ1) is 18.5. The van der Waals surface area contributed by atoms with E-state index in [2.05, 4.69) is 0 Å². The number of fused-ring (bicyclic) bond motifs is 1. The number of benzene rings is 2. The van der Waals surface area contributed by atoms with Gasteiger partial charge >= 0.3 is 5.43 Å². The minimum Gasteiger partial charge on any atom is -0.744 e. The molecular weight excluding hydrogens is 316 g/mol. The Morgan fingerprint density at radius 2 is 1.26 bits per heavy atom. The lowest BCUT2D eigenvalue weighted by Gasteiger charge is -2.07. The van der Waals surface area contributed by atoms with Crippen molar-refractivity contribution in [3.8, 4) is 0 Å². The van der Waals surface area contributed by atoms with E-state index in [9.17, 15) is 13.0 Å². The molecule has 0 aliphatic rings. The van der Waals surface area contributed by atoms with Gasteiger partial charge in [-0.3, -0.25) is 4.79 Å². The molecule has 0 amide bonds. The summed E-state index contributed by atoms with van der Waals surface area (Å²) in [7, 11) is -4.34. The molecule has 0 aliphatic heterocycles. The van der Waals surface area contributed by atoms with Crippen molar-refractivity contribution in [3.05, 3.63) is 84.3 Å². The van der Waals surface area contributed by atoms with E-state index in [1.165, 1.54) is 12.1 Å². The third-order valence-electron chi connectivity index (χ3n) is 2.88. The van der Waals surface area contributed by atoms with Crippen LogP contribution in [-0.4, -0.2) is 23.2 Å². The summed E-state index contributed by atoms with van der Waals surface area (Å²) >= 11 is 0. The Bertz CT molecular complexity index is 914. The van der Waals surface area contributed by atoms with Gasteiger partial charge in [-0.05, 0) is 22.9 Å². The fourth-order valence-corrected chi connectivity index (χ4v) is 2.32. The van der Waals surface area contributed by atoms with E-state index in [1.807, 2.05) is 24.3 Å². The zero-order valence-electron chi connectivity index (χ0n) is 12.1. The van der Waals surface area contributed by atoms with Gasteiger partial charge in [0.15, 0.2) is 0 Å². The van der Waals surface area contributed by atoms with Crippen molar-refractivity contribution in [1.82, 2.24) is 0 Å². The van der Waals surface area contributed by atoms with Crippen LogP contribution in [0.2, 0.25) is 0 Å². The highest BCUT2D eigenvalue weighted by Gasteiger charge is 2.01. The molecule has 3 rings (SSSR count). The molecule has 0 aliphatic carbocycles. The number of rotatable bonds is 1. The van der Waals surface area contributed by atoms with Crippen LogP contribution in [0.4, 0.5) is 0 Å². The van der Waals surface area contributed by atoms with E-state index in [1.54, 1.807) is 42.5 Å². The Labute approximate surface area is 133 Å². The average Bonchev–Trinajstić information content (AvgIpc) is 2.74. The molecule has 6 heteroatoms. The fraction of sp³-hybridized carbons (Fsp3) is 0. The lowest BCUT2D eigenvalue weighted by molar-refractivity contribution is 0.463. The molecule has 3 N–H and O–H groups in total. The van der Waals surface area contributed by atoms with Crippen LogP contribution in [0.5, 0.6) is 0 Å². The summed E-state index contributed by atoms with van der Waals surface area (Å²) in [5.74, 6) is 0. The highest BCUT2D eigenvalue weighted by atomic mass is 32.2. The highest BCUT2D eigenvalue weighted by molar-refractivity contribution is 7.85. The Hall–Kier alpha value is -2.54. The quantitative estimate of drug-likeness (QED) is 0.498. The predicted octanol–water partition coefficient (Wildman–Crippen LogP) is 1.61. The Morgan fingerprint density at radius 1 is 0.739 bits per heavy atom. The third-order valence-corrected chi connectivity index (χ3v) is 3.71. The van der Waals surface area contributed by atoms with E-state index in [0.29, 0.717) is 5.43 Å². The highest BCUT2D eigenvalue weighted by Crippen LogP contribution is 2.18. The Morgan fingerprint density at radius 3 is 1.83 bits per heavy atom. The molecule has 3 aromatic carbocycles. The first-order chi connectivity index (χ1) is 10.5. The zero-order chi connectivity index (χ0) is 16.0. The van der Waals surface area contributed by atoms with Gasteiger partial charge in [0.25, 0.3) is 0 Å². The van der Waals surface area contributed by atoms with Crippen LogP contribution in [0.1, 0.15) is 0 Å². The van der Waals surface area contributed by atoms with Crippen LogP contribution in [0.3, 0.4) is 0 Å².